The van der Waals surface area contributed by atoms with Crippen LogP contribution >= 0.6 is 23.2 Å². The first-order valence-corrected chi connectivity index (χ1v) is 12.6. The SMILES string of the molecule is CCc1nc(-c2ccc(Cl)cc2Cl)c(CC)nc1NC1c2ccccc2C[C@@H]1OCC1CC1. The lowest BCUT2D eigenvalue weighted by Gasteiger charge is -2.25. The van der Waals surface area contributed by atoms with Crippen LogP contribution in [0.25, 0.3) is 11.3 Å². The number of fused-ring (bicyclic) bond motifs is 1. The molecule has 3 aromatic rings. The summed E-state index contributed by atoms with van der Waals surface area (Å²) < 4.78 is 6.40. The molecule has 2 atom stereocenters. The van der Waals surface area contributed by atoms with Crippen LogP contribution < -0.4 is 5.32 Å². The Morgan fingerprint density at radius 1 is 1.00 bits per heavy atom. The number of benzene rings is 2. The Morgan fingerprint density at radius 3 is 2.52 bits per heavy atom. The van der Waals surface area contributed by atoms with Gasteiger partial charge < -0.3 is 10.1 Å². The van der Waals surface area contributed by atoms with Gasteiger partial charge >= 0.3 is 0 Å². The van der Waals surface area contributed by atoms with Crippen molar-refractivity contribution in [2.24, 2.45) is 5.92 Å². The van der Waals surface area contributed by atoms with Gasteiger partial charge in [0.2, 0.25) is 0 Å². The summed E-state index contributed by atoms with van der Waals surface area (Å²) in [4.78, 5) is 10.1. The van der Waals surface area contributed by atoms with E-state index in [9.17, 15) is 0 Å². The van der Waals surface area contributed by atoms with Gasteiger partial charge in [0.15, 0.2) is 0 Å². The van der Waals surface area contributed by atoms with Gasteiger partial charge in [-0.1, -0.05) is 61.3 Å². The van der Waals surface area contributed by atoms with Crippen LogP contribution in [-0.4, -0.2) is 22.7 Å². The highest BCUT2D eigenvalue weighted by atomic mass is 35.5. The average molecular weight is 482 g/mol. The molecule has 0 saturated heterocycles. The number of hydrogen-bond acceptors (Lipinski definition) is 4. The van der Waals surface area contributed by atoms with Gasteiger partial charge in [-0.25, -0.2) is 9.97 Å². The van der Waals surface area contributed by atoms with Crippen molar-refractivity contribution in [3.63, 3.8) is 0 Å². The molecular weight excluding hydrogens is 453 g/mol. The van der Waals surface area contributed by atoms with Crippen molar-refractivity contribution in [1.29, 1.82) is 0 Å². The van der Waals surface area contributed by atoms with E-state index in [1.807, 2.05) is 12.1 Å². The van der Waals surface area contributed by atoms with Crippen LogP contribution in [-0.2, 0) is 24.0 Å². The summed E-state index contributed by atoms with van der Waals surface area (Å²) in [7, 11) is 0. The minimum atomic E-state index is 0.0641. The summed E-state index contributed by atoms with van der Waals surface area (Å²) in [5.74, 6) is 1.57. The molecule has 2 aliphatic rings. The second-order valence-corrected chi connectivity index (χ2v) is 9.83. The van der Waals surface area contributed by atoms with Crippen molar-refractivity contribution in [2.75, 3.05) is 11.9 Å². The molecule has 0 aliphatic heterocycles. The molecule has 4 nitrogen and oxygen atoms in total. The molecule has 172 valence electrons. The second kappa shape index (κ2) is 9.61. The fraction of sp³-hybridized carbons (Fsp3) is 0.407. The van der Waals surface area contributed by atoms with Crippen LogP contribution in [0.15, 0.2) is 42.5 Å². The van der Waals surface area contributed by atoms with Crippen molar-refractivity contribution in [2.45, 2.75) is 58.1 Å². The molecule has 1 fully saturated rings. The normalized spacial score (nSPS) is 19.5. The van der Waals surface area contributed by atoms with E-state index in [1.165, 1.54) is 24.0 Å². The van der Waals surface area contributed by atoms with E-state index in [0.717, 1.165) is 60.3 Å². The van der Waals surface area contributed by atoms with Crippen LogP contribution in [0.3, 0.4) is 0 Å². The van der Waals surface area contributed by atoms with E-state index >= 15 is 0 Å². The number of aromatic nitrogens is 2. The Kier molecular flexibility index (Phi) is 6.60. The Balaban J connectivity index is 1.50. The zero-order chi connectivity index (χ0) is 22.9. The third-order valence-electron chi connectivity index (χ3n) is 6.61. The zero-order valence-corrected chi connectivity index (χ0v) is 20.6. The van der Waals surface area contributed by atoms with Crippen LogP contribution in [0, 0.1) is 5.92 Å². The van der Waals surface area contributed by atoms with E-state index in [1.54, 1.807) is 6.07 Å². The van der Waals surface area contributed by atoms with Gasteiger partial charge in [-0.15, -0.1) is 0 Å². The number of aryl methyl sites for hydroxylation is 2. The first kappa shape index (κ1) is 22.6. The van der Waals surface area contributed by atoms with Crippen molar-refractivity contribution < 1.29 is 4.74 Å². The van der Waals surface area contributed by atoms with Gasteiger partial charge in [-0.3, -0.25) is 0 Å². The predicted molar refractivity (Wildman–Crippen MR) is 135 cm³/mol. The van der Waals surface area contributed by atoms with Crippen molar-refractivity contribution in [3.05, 3.63) is 75.0 Å². The van der Waals surface area contributed by atoms with E-state index in [4.69, 9.17) is 37.9 Å². The Labute approximate surface area is 205 Å². The van der Waals surface area contributed by atoms with Crippen LogP contribution in [0.5, 0.6) is 0 Å². The highest BCUT2D eigenvalue weighted by Gasteiger charge is 2.35. The Bertz CT molecular complexity index is 1160. The number of rotatable bonds is 8. The summed E-state index contributed by atoms with van der Waals surface area (Å²) in [6, 6.07) is 14.2. The van der Waals surface area contributed by atoms with Gasteiger partial charge in [0.25, 0.3) is 0 Å². The molecule has 0 bridgehead atoms. The minimum absolute atomic E-state index is 0.0641. The standard InChI is InChI=1S/C27H29Cl2N3O/c1-3-22-25(20-12-11-18(28)14-21(20)29)30-23(4-2)27(31-22)32-26-19-8-6-5-7-17(19)13-24(26)33-15-16-9-10-16/h5-8,11-12,14,16,24,26H,3-4,9-10,13,15H2,1-2H3,(H,31,32)/t24-,26?/m0/s1. The number of hydrogen-bond donors (Lipinski definition) is 1. The summed E-state index contributed by atoms with van der Waals surface area (Å²) >= 11 is 12.6. The lowest BCUT2D eigenvalue weighted by molar-refractivity contribution is 0.0408. The molecule has 1 unspecified atom stereocenters. The van der Waals surface area contributed by atoms with Gasteiger partial charge in [0.1, 0.15) is 5.82 Å². The highest BCUT2D eigenvalue weighted by molar-refractivity contribution is 6.36. The fourth-order valence-electron chi connectivity index (χ4n) is 4.59. The Morgan fingerprint density at radius 2 is 1.79 bits per heavy atom. The van der Waals surface area contributed by atoms with Crippen molar-refractivity contribution in [1.82, 2.24) is 9.97 Å². The number of nitrogens with zero attached hydrogens (tertiary/aromatic N) is 2. The van der Waals surface area contributed by atoms with Crippen LogP contribution in [0.4, 0.5) is 5.82 Å². The lowest BCUT2D eigenvalue weighted by atomic mass is 10.1. The largest absolute Gasteiger partial charge is 0.375 e. The quantitative estimate of drug-likeness (QED) is 0.373. The van der Waals surface area contributed by atoms with Gasteiger partial charge in [0, 0.05) is 23.6 Å². The first-order chi connectivity index (χ1) is 16.1. The molecule has 2 aliphatic carbocycles. The monoisotopic (exact) mass is 481 g/mol. The predicted octanol–water partition coefficient (Wildman–Crippen LogP) is 7.08. The molecule has 2 aromatic carbocycles. The molecule has 0 amide bonds. The second-order valence-electron chi connectivity index (χ2n) is 8.99. The topological polar surface area (TPSA) is 47.0 Å². The molecule has 0 radical (unpaired) electrons. The summed E-state index contributed by atoms with van der Waals surface area (Å²) in [6.07, 6.45) is 5.12. The number of ether oxygens (including phenoxy) is 1. The van der Waals surface area contributed by atoms with Crippen LogP contribution in [0.1, 0.15) is 55.2 Å². The lowest BCUT2D eigenvalue weighted by Crippen LogP contribution is -2.27. The molecule has 1 aromatic heterocycles. The van der Waals surface area contributed by atoms with Gasteiger partial charge in [0.05, 0.1) is 34.3 Å². The highest BCUT2D eigenvalue weighted by Crippen LogP contribution is 2.39. The number of anilines is 1. The third kappa shape index (κ3) is 4.75. The maximum atomic E-state index is 6.52. The van der Waals surface area contributed by atoms with Crippen molar-refractivity contribution in [3.8, 4) is 11.3 Å². The Hall–Kier alpha value is -2.14. The van der Waals surface area contributed by atoms with Crippen molar-refractivity contribution >= 4 is 29.0 Å². The van der Waals surface area contributed by atoms with E-state index in [2.05, 4.69) is 43.4 Å². The molecule has 0 spiro atoms. The fourth-order valence-corrected chi connectivity index (χ4v) is 5.08. The molecule has 1 heterocycles. The van der Waals surface area contributed by atoms with Gasteiger partial charge in [-0.2, -0.15) is 0 Å². The maximum Gasteiger partial charge on any atom is 0.148 e. The van der Waals surface area contributed by atoms with E-state index < -0.39 is 0 Å². The molecule has 1 saturated carbocycles. The van der Waals surface area contributed by atoms with E-state index in [0.29, 0.717) is 10.0 Å². The van der Waals surface area contributed by atoms with Gasteiger partial charge in [-0.05, 0) is 60.9 Å². The molecule has 33 heavy (non-hydrogen) atoms. The summed E-state index contributed by atoms with van der Waals surface area (Å²) in [5.41, 5.74) is 6.18. The average Bonchev–Trinajstić information content (AvgIpc) is 3.59. The maximum absolute atomic E-state index is 6.52. The summed E-state index contributed by atoms with van der Waals surface area (Å²) in [6.45, 7) is 5.05. The number of halogens is 2. The smallest absolute Gasteiger partial charge is 0.148 e. The number of nitrogens with one attached hydrogen (secondary N) is 1. The first-order valence-electron chi connectivity index (χ1n) is 11.9. The third-order valence-corrected chi connectivity index (χ3v) is 7.16. The minimum Gasteiger partial charge on any atom is -0.375 e. The molecule has 1 N–H and O–H groups in total. The zero-order valence-electron chi connectivity index (χ0n) is 19.1. The summed E-state index contributed by atoms with van der Waals surface area (Å²) in [5, 5.41) is 4.94. The molecular formula is C27H29Cl2N3O. The van der Waals surface area contributed by atoms with Crippen LogP contribution in [0.2, 0.25) is 10.0 Å². The molecule has 6 heteroatoms. The molecule has 5 rings (SSSR count). The van der Waals surface area contributed by atoms with E-state index in [-0.39, 0.29) is 12.1 Å².